The molecule has 0 aliphatic heterocycles. The number of thiocarbonyl (C=S) groups is 1. The molecule has 1 amide bonds. The van der Waals surface area contributed by atoms with Crippen LogP contribution in [-0.2, 0) is 4.79 Å². The lowest BCUT2D eigenvalue weighted by atomic mass is 10.0. The molecule has 0 atom stereocenters. The Kier molecular flexibility index (Phi) is 4.20. The van der Waals surface area contributed by atoms with Gasteiger partial charge in [-0.3, -0.25) is 4.79 Å². The minimum absolute atomic E-state index is 0.0691. The number of carbonyl (C=O) groups is 1. The Balaban J connectivity index is 2.23. The number of hydrogen-bond donors (Lipinski definition) is 1. The smallest absolute Gasteiger partial charge is 0.240 e. The first-order valence-electron chi connectivity index (χ1n) is 6.79. The Morgan fingerprint density at radius 2 is 2.00 bits per heavy atom. The Morgan fingerprint density at radius 3 is 2.47 bits per heavy atom. The van der Waals surface area contributed by atoms with Crippen LogP contribution in [0.5, 0.6) is 0 Å². The zero-order valence-electron chi connectivity index (χ0n) is 11.3. The van der Waals surface area contributed by atoms with Gasteiger partial charge in [-0.2, -0.15) is 0 Å². The van der Waals surface area contributed by atoms with Gasteiger partial charge in [0.2, 0.25) is 5.91 Å². The van der Waals surface area contributed by atoms with Gasteiger partial charge in [0.25, 0.3) is 0 Å². The van der Waals surface area contributed by atoms with E-state index in [1.54, 1.807) is 0 Å². The van der Waals surface area contributed by atoms with Crippen LogP contribution in [0.15, 0.2) is 30.3 Å². The highest BCUT2D eigenvalue weighted by Gasteiger charge is 2.54. The zero-order valence-corrected chi connectivity index (χ0v) is 12.1. The maximum Gasteiger partial charge on any atom is 0.240 e. The first-order valence-corrected chi connectivity index (χ1v) is 7.19. The molecule has 3 nitrogen and oxygen atoms in total. The minimum Gasteiger partial charge on any atom is -0.392 e. The lowest BCUT2D eigenvalue weighted by Gasteiger charge is -2.27. The third-order valence-electron chi connectivity index (χ3n) is 3.68. The summed E-state index contributed by atoms with van der Waals surface area (Å²) in [6.07, 6.45) is 3.61. The predicted molar refractivity (Wildman–Crippen MR) is 82.2 cm³/mol. The highest BCUT2D eigenvalue weighted by molar-refractivity contribution is 7.80. The van der Waals surface area contributed by atoms with Gasteiger partial charge in [-0.05, 0) is 31.4 Å². The monoisotopic (exact) mass is 276 g/mol. The summed E-state index contributed by atoms with van der Waals surface area (Å²) in [4.78, 5) is 14.9. The molecule has 1 aromatic carbocycles. The van der Waals surface area contributed by atoms with Crippen LogP contribution in [0.25, 0.3) is 0 Å². The second-order valence-corrected chi connectivity index (χ2v) is 5.53. The minimum atomic E-state index is -0.571. The van der Waals surface area contributed by atoms with E-state index in [-0.39, 0.29) is 5.91 Å². The lowest BCUT2D eigenvalue weighted by Crippen LogP contribution is -2.43. The molecule has 2 rings (SSSR count). The quantitative estimate of drug-likeness (QED) is 0.813. The standard InChI is InChI=1S/C15H20N2OS/c1-2-3-11-17(12-7-5-4-6-8-12)14(18)15(9-10-15)13(16)19/h4-8H,2-3,9-11H2,1H3,(H2,16,19). The number of unbranched alkanes of at least 4 members (excludes halogenated alkanes) is 1. The summed E-state index contributed by atoms with van der Waals surface area (Å²) in [5, 5.41) is 0. The van der Waals surface area contributed by atoms with Gasteiger partial charge in [0, 0.05) is 12.2 Å². The van der Waals surface area contributed by atoms with Crippen molar-refractivity contribution in [1.29, 1.82) is 0 Å². The fourth-order valence-electron chi connectivity index (χ4n) is 2.22. The average molecular weight is 276 g/mol. The molecule has 0 bridgehead atoms. The molecule has 1 saturated carbocycles. The van der Waals surface area contributed by atoms with Crippen LogP contribution < -0.4 is 10.6 Å². The van der Waals surface area contributed by atoms with Crippen LogP contribution >= 0.6 is 12.2 Å². The van der Waals surface area contributed by atoms with Crippen molar-refractivity contribution in [3.63, 3.8) is 0 Å². The van der Waals surface area contributed by atoms with E-state index in [4.69, 9.17) is 18.0 Å². The second-order valence-electron chi connectivity index (χ2n) is 5.09. The molecule has 102 valence electrons. The van der Waals surface area contributed by atoms with Crippen LogP contribution in [0.1, 0.15) is 32.6 Å². The topological polar surface area (TPSA) is 46.3 Å². The Labute approximate surface area is 119 Å². The van der Waals surface area contributed by atoms with Crippen molar-refractivity contribution in [1.82, 2.24) is 0 Å². The molecule has 0 heterocycles. The number of nitrogens with two attached hydrogens (primary N) is 1. The molecule has 1 aromatic rings. The van der Waals surface area contributed by atoms with E-state index in [2.05, 4.69) is 6.92 Å². The molecular formula is C15H20N2OS. The summed E-state index contributed by atoms with van der Waals surface area (Å²) in [6.45, 7) is 2.85. The average Bonchev–Trinajstić information content (AvgIpc) is 3.21. The van der Waals surface area contributed by atoms with Crippen LogP contribution in [0.4, 0.5) is 5.69 Å². The first-order chi connectivity index (χ1) is 9.12. The fraction of sp³-hybridized carbons (Fsp3) is 0.467. The number of para-hydroxylation sites is 1. The highest BCUT2D eigenvalue weighted by Crippen LogP contribution is 2.48. The summed E-state index contributed by atoms with van der Waals surface area (Å²) >= 11 is 5.08. The lowest BCUT2D eigenvalue weighted by molar-refractivity contribution is -0.121. The number of rotatable bonds is 6. The van der Waals surface area contributed by atoms with Gasteiger partial charge in [-0.25, -0.2) is 0 Å². The number of hydrogen-bond acceptors (Lipinski definition) is 2. The van der Waals surface area contributed by atoms with Crippen molar-refractivity contribution in [2.24, 2.45) is 11.1 Å². The summed E-state index contributed by atoms with van der Waals surface area (Å²) in [6, 6.07) is 9.77. The van der Waals surface area contributed by atoms with Gasteiger partial charge >= 0.3 is 0 Å². The van der Waals surface area contributed by atoms with E-state index in [1.807, 2.05) is 35.2 Å². The molecule has 4 heteroatoms. The third kappa shape index (κ3) is 2.78. The van der Waals surface area contributed by atoms with Crippen LogP contribution in [0.3, 0.4) is 0 Å². The molecule has 0 radical (unpaired) electrons. The summed E-state index contributed by atoms with van der Waals surface area (Å²) in [5.74, 6) is 0.0691. The zero-order chi connectivity index (χ0) is 13.9. The molecular weight excluding hydrogens is 256 g/mol. The molecule has 0 unspecified atom stereocenters. The van der Waals surface area contributed by atoms with Crippen LogP contribution in [0.2, 0.25) is 0 Å². The van der Waals surface area contributed by atoms with E-state index in [9.17, 15) is 4.79 Å². The largest absolute Gasteiger partial charge is 0.392 e. The van der Waals surface area contributed by atoms with Gasteiger partial charge in [-0.1, -0.05) is 43.8 Å². The van der Waals surface area contributed by atoms with Crippen molar-refractivity contribution in [2.75, 3.05) is 11.4 Å². The van der Waals surface area contributed by atoms with Crippen molar-refractivity contribution in [3.05, 3.63) is 30.3 Å². The van der Waals surface area contributed by atoms with E-state index in [1.165, 1.54) is 0 Å². The highest BCUT2D eigenvalue weighted by atomic mass is 32.1. The predicted octanol–water partition coefficient (Wildman–Crippen LogP) is 2.89. The number of nitrogens with zero attached hydrogens (tertiary/aromatic N) is 1. The normalized spacial score (nSPS) is 15.8. The van der Waals surface area contributed by atoms with Gasteiger partial charge in [0.15, 0.2) is 0 Å². The molecule has 1 aliphatic rings. The molecule has 0 aromatic heterocycles. The van der Waals surface area contributed by atoms with E-state index in [0.29, 0.717) is 4.99 Å². The van der Waals surface area contributed by atoms with Crippen molar-refractivity contribution < 1.29 is 4.79 Å². The van der Waals surface area contributed by atoms with E-state index < -0.39 is 5.41 Å². The van der Waals surface area contributed by atoms with Gasteiger partial charge < -0.3 is 10.6 Å². The van der Waals surface area contributed by atoms with Gasteiger partial charge in [0.05, 0.1) is 10.4 Å². The molecule has 0 spiro atoms. The third-order valence-corrected chi connectivity index (χ3v) is 4.07. The molecule has 1 fully saturated rings. The number of anilines is 1. The second kappa shape index (κ2) is 5.70. The first kappa shape index (κ1) is 14.0. The van der Waals surface area contributed by atoms with Gasteiger partial charge in [-0.15, -0.1) is 0 Å². The van der Waals surface area contributed by atoms with Crippen molar-refractivity contribution in [2.45, 2.75) is 32.6 Å². The maximum atomic E-state index is 12.7. The van der Waals surface area contributed by atoms with Crippen molar-refractivity contribution >= 4 is 28.8 Å². The Hall–Kier alpha value is -1.42. The maximum absolute atomic E-state index is 12.7. The van der Waals surface area contributed by atoms with E-state index in [0.717, 1.165) is 37.9 Å². The van der Waals surface area contributed by atoms with Crippen LogP contribution in [0, 0.1) is 5.41 Å². The Bertz CT molecular complexity index is 468. The SMILES string of the molecule is CCCCN(C(=O)C1(C(N)=S)CC1)c1ccccc1. The summed E-state index contributed by atoms with van der Waals surface area (Å²) in [7, 11) is 0. The number of amides is 1. The number of carbonyl (C=O) groups excluding carboxylic acids is 1. The molecule has 0 saturated heterocycles. The molecule has 1 aliphatic carbocycles. The Morgan fingerprint density at radius 1 is 1.37 bits per heavy atom. The van der Waals surface area contributed by atoms with E-state index >= 15 is 0 Å². The molecule has 19 heavy (non-hydrogen) atoms. The van der Waals surface area contributed by atoms with Crippen LogP contribution in [-0.4, -0.2) is 17.4 Å². The fourth-order valence-corrected chi connectivity index (χ4v) is 2.51. The van der Waals surface area contributed by atoms with Gasteiger partial charge in [0.1, 0.15) is 0 Å². The summed E-state index contributed by atoms with van der Waals surface area (Å²) in [5.41, 5.74) is 6.13. The molecule has 2 N–H and O–H groups in total. The number of benzene rings is 1. The summed E-state index contributed by atoms with van der Waals surface area (Å²) < 4.78 is 0. The van der Waals surface area contributed by atoms with Crippen molar-refractivity contribution in [3.8, 4) is 0 Å².